The molecule has 3 heterocycles. The van der Waals surface area contributed by atoms with Gasteiger partial charge in [0.2, 0.25) is 0 Å². The third-order valence-corrected chi connectivity index (χ3v) is 4.54. The minimum Gasteiger partial charge on any atom is -0.454 e. The molecule has 0 bridgehead atoms. The van der Waals surface area contributed by atoms with Crippen LogP contribution in [0.4, 0.5) is 5.13 Å². The summed E-state index contributed by atoms with van der Waals surface area (Å²) in [6, 6.07) is 8.04. The van der Waals surface area contributed by atoms with Crippen LogP contribution in [-0.4, -0.2) is 40.1 Å². The summed E-state index contributed by atoms with van der Waals surface area (Å²) in [4.78, 5) is 26.4. The number of carbonyl (C=O) groups excluding carboxylic acids is 1. The van der Waals surface area contributed by atoms with Crippen LogP contribution >= 0.6 is 11.3 Å². The molecule has 0 unspecified atom stereocenters. The van der Waals surface area contributed by atoms with Crippen molar-refractivity contribution in [1.82, 2.24) is 15.0 Å². The van der Waals surface area contributed by atoms with E-state index in [1.165, 1.54) is 18.6 Å². The van der Waals surface area contributed by atoms with Gasteiger partial charge in [0, 0.05) is 12.4 Å². The first-order valence-corrected chi connectivity index (χ1v) is 7.69. The maximum atomic E-state index is 11.9. The molecule has 0 amide bonds. The SMILES string of the molecule is O=C(OC1CN(c2nc3ccccc3s2)C1)c1cnccn1. The molecule has 2 aromatic heterocycles. The number of para-hydroxylation sites is 1. The van der Waals surface area contributed by atoms with Crippen LogP contribution in [0.5, 0.6) is 0 Å². The number of hydrogen-bond donors (Lipinski definition) is 0. The molecule has 1 saturated heterocycles. The number of ether oxygens (including phenoxy) is 1. The molecular weight excluding hydrogens is 300 g/mol. The molecule has 1 fully saturated rings. The van der Waals surface area contributed by atoms with E-state index >= 15 is 0 Å². The molecule has 0 atom stereocenters. The maximum Gasteiger partial charge on any atom is 0.358 e. The zero-order chi connectivity index (χ0) is 14.9. The number of nitrogens with zero attached hydrogens (tertiary/aromatic N) is 4. The topological polar surface area (TPSA) is 68.2 Å². The Balaban J connectivity index is 1.39. The van der Waals surface area contributed by atoms with E-state index in [-0.39, 0.29) is 11.8 Å². The van der Waals surface area contributed by atoms with E-state index in [1.807, 2.05) is 18.2 Å². The normalized spacial score (nSPS) is 14.8. The zero-order valence-electron chi connectivity index (χ0n) is 11.5. The minimum absolute atomic E-state index is 0.124. The summed E-state index contributed by atoms with van der Waals surface area (Å²) in [5.41, 5.74) is 1.24. The van der Waals surface area contributed by atoms with Crippen LogP contribution in [-0.2, 0) is 4.74 Å². The fourth-order valence-corrected chi connectivity index (χ4v) is 3.26. The van der Waals surface area contributed by atoms with Crippen LogP contribution < -0.4 is 4.90 Å². The van der Waals surface area contributed by atoms with E-state index in [2.05, 4.69) is 25.9 Å². The lowest BCUT2D eigenvalue weighted by atomic mass is 10.2. The van der Waals surface area contributed by atoms with Crippen molar-refractivity contribution in [3.63, 3.8) is 0 Å². The Kier molecular flexibility index (Phi) is 3.19. The van der Waals surface area contributed by atoms with Gasteiger partial charge in [-0.2, -0.15) is 0 Å². The van der Waals surface area contributed by atoms with Gasteiger partial charge in [-0.05, 0) is 12.1 Å². The summed E-state index contributed by atoms with van der Waals surface area (Å²) in [6.45, 7) is 1.32. The van der Waals surface area contributed by atoms with Gasteiger partial charge in [0.05, 0.1) is 29.5 Å². The summed E-state index contributed by atoms with van der Waals surface area (Å²) in [6.07, 6.45) is 4.29. The average molecular weight is 312 g/mol. The molecule has 4 rings (SSSR count). The van der Waals surface area contributed by atoms with Gasteiger partial charge in [-0.1, -0.05) is 23.5 Å². The maximum absolute atomic E-state index is 11.9. The van der Waals surface area contributed by atoms with Crippen LogP contribution in [0.15, 0.2) is 42.9 Å². The average Bonchev–Trinajstić information content (AvgIpc) is 2.94. The van der Waals surface area contributed by atoms with E-state index < -0.39 is 5.97 Å². The van der Waals surface area contributed by atoms with Crippen LogP contribution in [0, 0.1) is 0 Å². The number of aromatic nitrogens is 3. The highest BCUT2D eigenvalue weighted by molar-refractivity contribution is 7.22. The van der Waals surface area contributed by atoms with Gasteiger partial charge in [0.1, 0.15) is 6.10 Å². The zero-order valence-corrected chi connectivity index (χ0v) is 12.4. The van der Waals surface area contributed by atoms with E-state index in [0.717, 1.165) is 15.3 Å². The van der Waals surface area contributed by atoms with Crippen LogP contribution in [0.3, 0.4) is 0 Å². The predicted molar refractivity (Wildman–Crippen MR) is 83.1 cm³/mol. The number of rotatable bonds is 3. The fourth-order valence-electron chi connectivity index (χ4n) is 2.28. The van der Waals surface area contributed by atoms with Gasteiger partial charge in [-0.25, -0.2) is 14.8 Å². The molecule has 110 valence electrons. The summed E-state index contributed by atoms with van der Waals surface area (Å²) in [7, 11) is 0. The summed E-state index contributed by atoms with van der Waals surface area (Å²) >= 11 is 1.65. The Morgan fingerprint density at radius 1 is 1.27 bits per heavy atom. The lowest BCUT2D eigenvalue weighted by molar-refractivity contribution is 0.0227. The molecule has 3 aromatic rings. The first-order valence-electron chi connectivity index (χ1n) is 6.87. The number of benzene rings is 1. The van der Waals surface area contributed by atoms with E-state index in [4.69, 9.17) is 4.74 Å². The number of hydrogen-bond acceptors (Lipinski definition) is 7. The Morgan fingerprint density at radius 2 is 2.14 bits per heavy atom. The third kappa shape index (κ3) is 2.39. The Morgan fingerprint density at radius 3 is 2.91 bits per heavy atom. The Bertz CT molecular complexity index is 782. The second-order valence-electron chi connectivity index (χ2n) is 4.99. The van der Waals surface area contributed by atoms with Gasteiger partial charge in [0.15, 0.2) is 10.8 Å². The van der Waals surface area contributed by atoms with Crippen LogP contribution in [0.2, 0.25) is 0 Å². The van der Waals surface area contributed by atoms with Crippen molar-refractivity contribution in [1.29, 1.82) is 0 Å². The second-order valence-corrected chi connectivity index (χ2v) is 6.00. The van der Waals surface area contributed by atoms with Crippen molar-refractivity contribution >= 4 is 32.7 Å². The summed E-state index contributed by atoms with van der Waals surface area (Å²) in [5, 5.41) is 0.966. The molecule has 6 nitrogen and oxygen atoms in total. The third-order valence-electron chi connectivity index (χ3n) is 3.45. The highest BCUT2D eigenvalue weighted by Crippen LogP contribution is 2.31. The van der Waals surface area contributed by atoms with Crippen molar-refractivity contribution in [2.75, 3.05) is 18.0 Å². The fraction of sp³-hybridized carbons (Fsp3) is 0.200. The second kappa shape index (κ2) is 5.34. The summed E-state index contributed by atoms with van der Waals surface area (Å²) < 4.78 is 6.56. The van der Waals surface area contributed by atoms with Crippen LogP contribution in [0.1, 0.15) is 10.5 Å². The summed E-state index contributed by atoms with van der Waals surface area (Å²) in [5.74, 6) is -0.429. The lowest BCUT2D eigenvalue weighted by Gasteiger charge is -2.37. The smallest absolute Gasteiger partial charge is 0.358 e. The molecule has 0 spiro atoms. The minimum atomic E-state index is -0.429. The number of esters is 1. The molecule has 7 heteroatoms. The molecular formula is C15H12N4O2S. The van der Waals surface area contributed by atoms with E-state index in [0.29, 0.717) is 13.1 Å². The van der Waals surface area contributed by atoms with Crippen LogP contribution in [0.25, 0.3) is 10.2 Å². The highest BCUT2D eigenvalue weighted by atomic mass is 32.1. The molecule has 1 aliphatic rings. The van der Waals surface area contributed by atoms with Gasteiger partial charge in [-0.15, -0.1) is 0 Å². The van der Waals surface area contributed by atoms with Gasteiger partial charge < -0.3 is 9.64 Å². The predicted octanol–water partition coefficient (Wildman–Crippen LogP) is 2.13. The molecule has 0 radical (unpaired) electrons. The number of thiazole rings is 1. The van der Waals surface area contributed by atoms with Gasteiger partial charge in [-0.3, -0.25) is 4.98 Å². The van der Waals surface area contributed by atoms with Gasteiger partial charge >= 0.3 is 5.97 Å². The number of anilines is 1. The monoisotopic (exact) mass is 312 g/mol. The van der Waals surface area contributed by atoms with Crippen molar-refractivity contribution in [2.24, 2.45) is 0 Å². The molecule has 0 aliphatic carbocycles. The molecule has 1 aliphatic heterocycles. The molecule has 0 N–H and O–H groups in total. The molecule has 0 saturated carbocycles. The highest BCUT2D eigenvalue weighted by Gasteiger charge is 2.32. The van der Waals surface area contributed by atoms with E-state index in [1.54, 1.807) is 11.3 Å². The van der Waals surface area contributed by atoms with E-state index in [9.17, 15) is 4.79 Å². The van der Waals surface area contributed by atoms with Gasteiger partial charge in [0.25, 0.3) is 0 Å². The standard InChI is InChI=1S/C15H12N4O2S/c20-14(12-7-16-5-6-17-12)21-10-8-19(9-10)15-18-11-3-1-2-4-13(11)22-15/h1-7,10H,8-9H2. The first-order chi connectivity index (χ1) is 10.8. The van der Waals surface area contributed by atoms with Crippen molar-refractivity contribution in [3.8, 4) is 0 Å². The van der Waals surface area contributed by atoms with Crippen molar-refractivity contribution in [3.05, 3.63) is 48.5 Å². The quantitative estimate of drug-likeness (QED) is 0.690. The Hall–Kier alpha value is -2.54. The van der Waals surface area contributed by atoms with Crippen molar-refractivity contribution in [2.45, 2.75) is 6.10 Å². The molecule has 22 heavy (non-hydrogen) atoms. The largest absolute Gasteiger partial charge is 0.454 e. The lowest BCUT2D eigenvalue weighted by Crippen LogP contribution is -2.53. The number of carbonyl (C=O) groups is 1. The molecule has 1 aromatic carbocycles. The van der Waals surface area contributed by atoms with Crippen molar-refractivity contribution < 1.29 is 9.53 Å². The first kappa shape index (κ1) is 13.1. The Labute approximate surface area is 130 Å². The number of fused-ring (bicyclic) bond motifs is 1.